The molecule has 2 rings (SSSR count). The molecule has 0 radical (unpaired) electrons. The first-order chi connectivity index (χ1) is 9.91. The molecule has 0 amide bonds. The van der Waals surface area contributed by atoms with E-state index in [1.807, 2.05) is 0 Å². The summed E-state index contributed by atoms with van der Waals surface area (Å²) in [5.74, 6) is 0.889. The third-order valence-electron chi connectivity index (χ3n) is 4.77. The highest BCUT2D eigenvalue weighted by Gasteiger charge is 2.35. The van der Waals surface area contributed by atoms with Gasteiger partial charge in [-0.3, -0.25) is 0 Å². The van der Waals surface area contributed by atoms with Crippen molar-refractivity contribution in [2.24, 2.45) is 11.3 Å². The molecule has 2 aliphatic rings. The van der Waals surface area contributed by atoms with Crippen molar-refractivity contribution in [2.75, 3.05) is 18.8 Å². The standard InChI is InChI=1S/C16H32N2O2S/c1-14(2)12-16(8-3-4-9-16)13-18-21(19,20)11-5-10-17-15-6-7-15/h14-15,17-18H,3-13H2,1-2H3. The molecule has 21 heavy (non-hydrogen) atoms. The van der Waals surface area contributed by atoms with E-state index in [0.717, 1.165) is 13.0 Å². The van der Waals surface area contributed by atoms with Gasteiger partial charge in [0, 0.05) is 12.6 Å². The van der Waals surface area contributed by atoms with E-state index in [4.69, 9.17) is 0 Å². The van der Waals surface area contributed by atoms with Crippen LogP contribution in [0.3, 0.4) is 0 Å². The lowest BCUT2D eigenvalue weighted by molar-refractivity contribution is 0.236. The van der Waals surface area contributed by atoms with Crippen LogP contribution in [0.25, 0.3) is 0 Å². The molecule has 2 N–H and O–H groups in total. The molecule has 0 aromatic rings. The van der Waals surface area contributed by atoms with E-state index in [9.17, 15) is 8.42 Å². The van der Waals surface area contributed by atoms with Crippen LogP contribution in [-0.2, 0) is 10.0 Å². The van der Waals surface area contributed by atoms with Crippen LogP contribution < -0.4 is 10.0 Å². The Labute approximate surface area is 130 Å². The molecule has 124 valence electrons. The van der Waals surface area contributed by atoms with Gasteiger partial charge in [0.1, 0.15) is 0 Å². The van der Waals surface area contributed by atoms with E-state index in [0.29, 0.717) is 24.9 Å². The predicted octanol–water partition coefficient (Wildman–Crippen LogP) is 2.65. The molecule has 2 saturated carbocycles. The number of hydrogen-bond donors (Lipinski definition) is 2. The van der Waals surface area contributed by atoms with Gasteiger partial charge in [-0.05, 0) is 56.4 Å². The highest BCUT2D eigenvalue weighted by atomic mass is 32.2. The number of hydrogen-bond acceptors (Lipinski definition) is 3. The summed E-state index contributed by atoms with van der Waals surface area (Å²) in [5.41, 5.74) is 0.216. The Morgan fingerprint density at radius 2 is 1.86 bits per heavy atom. The summed E-state index contributed by atoms with van der Waals surface area (Å²) >= 11 is 0. The van der Waals surface area contributed by atoms with Gasteiger partial charge in [0.15, 0.2) is 0 Å². The number of nitrogens with one attached hydrogen (secondary N) is 2. The van der Waals surface area contributed by atoms with Crippen LogP contribution in [0.5, 0.6) is 0 Å². The molecule has 0 aromatic heterocycles. The fourth-order valence-electron chi connectivity index (χ4n) is 3.64. The second-order valence-corrected chi connectivity index (χ2v) is 9.45. The Morgan fingerprint density at radius 3 is 2.43 bits per heavy atom. The average Bonchev–Trinajstić information content (AvgIpc) is 3.12. The van der Waals surface area contributed by atoms with Crippen molar-refractivity contribution in [3.05, 3.63) is 0 Å². The maximum Gasteiger partial charge on any atom is 0.211 e. The highest BCUT2D eigenvalue weighted by molar-refractivity contribution is 7.89. The fraction of sp³-hybridized carbons (Fsp3) is 1.00. The van der Waals surface area contributed by atoms with Crippen molar-refractivity contribution in [1.29, 1.82) is 0 Å². The van der Waals surface area contributed by atoms with Crippen molar-refractivity contribution >= 4 is 10.0 Å². The smallest absolute Gasteiger partial charge is 0.211 e. The Bertz CT molecular complexity index is 410. The third kappa shape index (κ3) is 6.25. The minimum absolute atomic E-state index is 0.216. The molecule has 2 aliphatic carbocycles. The van der Waals surface area contributed by atoms with Crippen molar-refractivity contribution in [2.45, 2.75) is 71.3 Å². The molecule has 5 heteroatoms. The van der Waals surface area contributed by atoms with Crippen LogP contribution in [0, 0.1) is 11.3 Å². The Morgan fingerprint density at radius 1 is 1.19 bits per heavy atom. The molecular weight excluding hydrogens is 284 g/mol. The molecule has 0 spiro atoms. The average molecular weight is 317 g/mol. The van der Waals surface area contributed by atoms with Crippen molar-refractivity contribution in [3.8, 4) is 0 Å². The summed E-state index contributed by atoms with van der Waals surface area (Å²) < 4.78 is 27.2. The lowest BCUT2D eigenvalue weighted by Gasteiger charge is -2.31. The highest BCUT2D eigenvalue weighted by Crippen LogP contribution is 2.42. The maximum absolute atomic E-state index is 12.1. The molecule has 0 bridgehead atoms. The summed E-state index contributed by atoms with van der Waals surface area (Å²) in [7, 11) is -3.11. The van der Waals surface area contributed by atoms with E-state index in [1.165, 1.54) is 38.5 Å². The van der Waals surface area contributed by atoms with E-state index in [-0.39, 0.29) is 11.2 Å². The zero-order valence-corrected chi connectivity index (χ0v) is 14.5. The van der Waals surface area contributed by atoms with Gasteiger partial charge >= 0.3 is 0 Å². The minimum atomic E-state index is -3.11. The quantitative estimate of drug-likeness (QED) is 0.609. The van der Waals surface area contributed by atoms with Gasteiger partial charge in [0.05, 0.1) is 5.75 Å². The van der Waals surface area contributed by atoms with Crippen molar-refractivity contribution < 1.29 is 8.42 Å². The monoisotopic (exact) mass is 316 g/mol. The van der Waals surface area contributed by atoms with Crippen LogP contribution in [-0.4, -0.2) is 33.3 Å². The van der Waals surface area contributed by atoms with Crippen LogP contribution in [0.1, 0.15) is 65.2 Å². The van der Waals surface area contributed by atoms with E-state index < -0.39 is 10.0 Å². The molecular formula is C16H32N2O2S. The van der Waals surface area contributed by atoms with Gasteiger partial charge in [-0.15, -0.1) is 0 Å². The van der Waals surface area contributed by atoms with Crippen LogP contribution in [0.2, 0.25) is 0 Å². The van der Waals surface area contributed by atoms with Gasteiger partial charge in [0.2, 0.25) is 10.0 Å². The topological polar surface area (TPSA) is 58.2 Å². The first kappa shape index (κ1) is 17.2. The van der Waals surface area contributed by atoms with E-state index in [1.54, 1.807) is 0 Å². The number of sulfonamides is 1. The zero-order valence-electron chi connectivity index (χ0n) is 13.7. The first-order valence-electron chi connectivity index (χ1n) is 8.62. The van der Waals surface area contributed by atoms with Gasteiger partial charge < -0.3 is 5.32 Å². The van der Waals surface area contributed by atoms with E-state index >= 15 is 0 Å². The molecule has 0 saturated heterocycles. The summed E-state index contributed by atoms with van der Waals surface area (Å²) in [6.07, 6.45) is 9.21. The molecule has 0 aliphatic heterocycles. The van der Waals surface area contributed by atoms with Gasteiger partial charge in [-0.2, -0.15) is 0 Å². The van der Waals surface area contributed by atoms with E-state index in [2.05, 4.69) is 23.9 Å². The number of rotatable bonds is 10. The Hall–Kier alpha value is -0.130. The van der Waals surface area contributed by atoms with Crippen molar-refractivity contribution in [1.82, 2.24) is 10.0 Å². The zero-order chi connectivity index (χ0) is 15.3. The molecule has 2 fully saturated rings. The summed E-state index contributed by atoms with van der Waals surface area (Å²) in [6.45, 7) is 5.93. The molecule has 0 aromatic carbocycles. The Kier molecular flexibility index (Phi) is 6.09. The molecule has 0 unspecified atom stereocenters. The molecule has 4 nitrogen and oxygen atoms in total. The fourth-order valence-corrected chi connectivity index (χ4v) is 4.83. The van der Waals surface area contributed by atoms with Crippen LogP contribution >= 0.6 is 0 Å². The Balaban J connectivity index is 1.72. The third-order valence-corrected chi connectivity index (χ3v) is 6.18. The van der Waals surface area contributed by atoms with Gasteiger partial charge in [-0.25, -0.2) is 13.1 Å². The second kappa shape index (κ2) is 7.42. The normalized spacial score (nSPS) is 22.0. The van der Waals surface area contributed by atoms with Gasteiger partial charge in [0.25, 0.3) is 0 Å². The maximum atomic E-state index is 12.1. The molecule has 0 heterocycles. The summed E-state index contributed by atoms with van der Waals surface area (Å²) in [6, 6.07) is 0.661. The summed E-state index contributed by atoms with van der Waals surface area (Å²) in [5, 5.41) is 3.37. The lowest BCUT2D eigenvalue weighted by atomic mass is 9.79. The first-order valence-corrected chi connectivity index (χ1v) is 10.3. The SMILES string of the molecule is CC(C)CC1(CNS(=O)(=O)CCCNC2CC2)CCCC1. The predicted molar refractivity (Wildman–Crippen MR) is 87.8 cm³/mol. The van der Waals surface area contributed by atoms with Gasteiger partial charge in [-0.1, -0.05) is 26.7 Å². The molecule has 0 atom stereocenters. The van der Waals surface area contributed by atoms with Crippen LogP contribution in [0.4, 0.5) is 0 Å². The largest absolute Gasteiger partial charge is 0.314 e. The minimum Gasteiger partial charge on any atom is -0.314 e. The van der Waals surface area contributed by atoms with Crippen molar-refractivity contribution in [3.63, 3.8) is 0 Å². The second-order valence-electron chi connectivity index (χ2n) is 7.53. The van der Waals surface area contributed by atoms with Crippen LogP contribution in [0.15, 0.2) is 0 Å². The lowest BCUT2D eigenvalue weighted by Crippen LogP contribution is -2.38. The summed E-state index contributed by atoms with van der Waals surface area (Å²) in [4.78, 5) is 0.